The molecule has 0 radical (unpaired) electrons. The van der Waals surface area contributed by atoms with Gasteiger partial charge in [0, 0.05) is 6.54 Å². The van der Waals surface area contributed by atoms with E-state index in [-0.39, 0.29) is 5.75 Å². The molecule has 0 aliphatic rings. The number of nitrogens with zero attached hydrogens (tertiary/aromatic N) is 1. The number of sulfone groups is 1. The van der Waals surface area contributed by atoms with Crippen LogP contribution in [-0.2, 0) is 16.4 Å². The summed E-state index contributed by atoms with van der Waals surface area (Å²) in [5.41, 5.74) is 5.93. The van der Waals surface area contributed by atoms with Crippen molar-refractivity contribution in [2.75, 3.05) is 5.75 Å². The zero-order chi connectivity index (χ0) is 10.1. The zero-order valence-electron chi connectivity index (χ0n) is 7.57. The van der Waals surface area contributed by atoms with E-state index < -0.39 is 9.84 Å². The summed E-state index contributed by atoms with van der Waals surface area (Å²) in [5, 5.41) is 0.671. The van der Waals surface area contributed by atoms with Gasteiger partial charge in [-0.2, -0.15) is 0 Å². The van der Waals surface area contributed by atoms with E-state index in [1.165, 1.54) is 11.3 Å². The molecule has 0 aromatic carbocycles. The van der Waals surface area contributed by atoms with E-state index in [4.69, 9.17) is 5.73 Å². The SMILES string of the molecule is CCS(=O)(=O)c1sc(CN)nc1C. The van der Waals surface area contributed by atoms with Gasteiger partial charge in [0.05, 0.1) is 11.4 Å². The first-order valence-corrected chi connectivity index (χ1v) is 6.37. The third-order valence-electron chi connectivity index (χ3n) is 1.64. The van der Waals surface area contributed by atoms with Crippen molar-refractivity contribution in [2.45, 2.75) is 24.6 Å². The summed E-state index contributed by atoms with van der Waals surface area (Å²) in [6.07, 6.45) is 0. The Morgan fingerprint density at radius 3 is 2.54 bits per heavy atom. The van der Waals surface area contributed by atoms with Gasteiger partial charge >= 0.3 is 0 Å². The fourth-order valence-electron chi connectivity index (χ4n) is 0.943. The molecule has 0 fully saturated rings. The molecular weight excluding hydrogens is 208 g/mol. The number of nitrogens with two attached hydrogens (primary N) is 1. The smallest absolute Gasteiger partial charge is 0.189 e. The normalized spacial score (nSPS) is 11.9. The van der Waals surface area contributed by atoms with Gasteiger partial charge in [0.15, 0.2) is 9.84 Å². The minimum atomic E-state index is -3.12. The molecule has 74 valence electrons. The third kappa shape index (κ3) is 2.07. The van der Waals surface area contributed by atoms with E-state index in [0.717, 1.165) is 0 Å². The number of aryl methyl sites for hydroxylation is 1. The molecule has 4 nitrogen and oxygen atoms in total. The molecule has 0 bridgehead atoms. The molecule has 1 rings (SSSR count). The fourth-order valence-corrected chi connectivity index (χ4v) is 3.52. The average Bonchev–Trinajstić information content (AvgIpc) is 2.47. The van der Waals surface area contributed by atoms with Crippen molar-refractivity contribution in [1.82, 2.24) is 4.98 Å². The van der Waals surface area contributed by atoms with E-state index in [9.17, 15) is 8.42 Å². The van der Waals surface area contributed by atoms with Crippen molar-refractivity contribution in [3.63, 3.8) is 0 Å². The Balaban J connectivity index is 3.23. The second-order valence-corrected chi connectivity index (χ2v) is 6.15. The molecule has 1 aromatic rings. The Labute approximate surface area is 81.7 Å². The van der Waals surface area contributed by atoms with E-state index in [1.54, 1.807) is 13.8 Å². The van der Waals surface area contributed by atoms with E-state index in [0.29, 0.717) is 21.5 Å². The van der Waals surface area contributed by atoms with Crippen LogP contribution in [0, 0.1) is 6.92 Å². The third-order valence-corrected chi connectivity index (χ3v) is 5.24. The molecule has 0 spiro atoms. The zero-order valence-corrected chi connectivity index (χ0v) is 9.20. The molecule has 0 atom stereocenters. The predicted molar refractivity (Wildman–Crippen MR) is 52.5 cm³/mol. The maximum Gasteiger partial charge on any atom is 0.189 e. The van der Waals surface area contributed by atoms with Crippen molar-refractivity contribution in [3.8, 4) is 0 Å². The van der Waals surface area contributed by atoms with E-state index in [2.05, 4.69) is 4.98 Å². The van der Waals surface area contributed by atoms with Crippen LogP contribution in [0.5, 0.6) is 0 Å². The van der Waals surface area contributed by atoms with Crippen LogP contribution < -0.4 is 5.73 Å². The van der Waals surface area contributed by atoms with Crippen LogP contribution in [0.4, 0.5) is 0 Å². The van der Waals surface area contributed by atoms with Gasteiger partial charge in [-0.05, 0) is 6.92 Å². The molecule has 0 unspecified atom stereocenters. The lowest BCUT2D eigenvalue weighted by Crippen LogP contribution is -2.02. The Morgan fingerprint density at radius 2 is 2.15 bits per heavy atom. The Kier molecular flexibility index (Phi) is 3.05. The van der Waals surface area contributed by atoms with E-state index >= 15 is 0 Å². The topological polar surface area (TPSA) is 73.0 Å². The van der Waals surface area contributed by atoms with Crippen LogP contribution in [0.1, 0.15) is 17.6 Å². The number of hydrogen-bond acceptors (Lipinski definition) is 5. The van der Waals surface area contributed by atoms with Crippen molar-refractivity contribution < 1.29 is 8.42 Å². The second-order valence-electron chi connectivity index (χ2n) is 2.59. The van der Waals surface area contributed by atoms with Gasteiger partial charge < -0.3 is 5.73 Å². The highest BCUT2D eigenvalue weighted by atomic mass is 32.2. The van der Waals surface area contributed by atoms with Gasteiger partial charge in [0.1, 0.15) is 9.22 Å². The van der Waals surface area contributed by atoms with Crippen molar-refractivity contribution in [3.05, 3.63) is 10.7 Å². The number of hydrogen-bond donors (Lipinski definition) is 1. The molecular formula is C7H12N2O2S2. The Morgan fingerprint density at radius 1 is 1.54 bits per heavy atom. The van der Waals surface area contributed by atoms with Crippen LogP contribution >= 0.6 is 11.3 Å². The minimum absolute atomic E-state index is 0.111. The first kappa shape index (κ1) is 10.6. The quantitative estimate of drug-likeness (QED) is 0.814. The monoisotopic (exact) mass is 220 g/mol. The average molecular weight is 220 g/mol. The second kappa shape index (κ2) is 3.73. The number of aromatic nitrogens is 1. The fraction of sp³-hybridized carbons (Fsp3) is 0.571. The van der Waals surface area contributed by atoms with Crippen molar-refractivity contribution in [1.29, 1.82) is 0 Å². The summed E-state index contributed by atoms with van der Waals surface area (Å²) in [6, 6.07) is 0. The molecule has 1 aromatic heterocycles. The molecule has 6 heteroatoms. The van der Waals surface area contributed by atoms with Gasteiger partial charge in [0.25, 0.3) is 0 Å². The van der Waals surface area contributed by atoms with Crippen molar-refractivity contribution in [2.24, 2.45) is 5.73 Å². The van der Waals surface area contributed by atoms with Gasteiger partial charge in [-0.1, -0.05) is 6.92 Å². The lowest BCUT2D eigenvalue weighted by Gasteiger charge is -1.95. The van der Waals surface area contributed by atoms with Gasteiger partial charge in [0.2, 0.25) is 0 Å². The van der Waals surface area contributed by atoms with E-state index in [1.807, 2.05) is 0 Å². The summed E-state index contributed by atoms with van der Waals surface area (Å²) in [6.45, 7) is 3.61. The van der Waals surface area contributed by atoms with Crippen LogP contribution in [0.15, 0.2) is 4.21 Å². The molecule has 2 N–H and O–H groups in total. The highest BCUT2D eigenvalue weighted by molar-refractivity contribution is 7.93. The maximum absolute atomic E-state index is 11.5. The predicted octanol–water partition coefficient (Wildman–Crippen LogP) is 0.704. The summed E-state index contributed by atoms with van der Waals surface area (Å²) in [4.78, 5) is 4.06. The molecule has 13 heavy (non-hydrogen) atoms. The van der Waals surface area contributed by atoms with Crippen molar-refractivity contribution >= 4 is 21.2 Å². The molecule has 0 saturated carbocycles. The van der Waals surface area contributed by atoms with Gasteiger partial charge in [-0.15, -0.1) is 11.3 Å². The summed E-state index contributed by atoms with van der Waals surface area (Å²) < 4.78 is 23.3. The lowest BCUT2D eigenvalue weighted by molar-refractivity contribution is 0.598. The largest absolute Gasteiger partial charge is 0.325 e. The Hall–Kier alpha value is -0.460. The summed E-state index contributed by atoms with van der Waals surface area (Å²) >= 11 is 1.17. The molecule has 0 saturated heterocycles. The highest BCUT2D eigenvalue weighted by Gasteiger charge is 2.18. The molecule has 0 amide bonds. The minimum Gasteiger partial charge on any atom is -0.325 e. The highest BCUT2D eigenvalue weighted by Crippen LogP contribution is 2.23. The van der Waals surface area contributed by atoms with Crippen LogP contribution in [0.2, 0.25) is 0 Å². The molecule has 0 aliphatic heterocycles. The first-order valence-electron chi connectivity index (χ1n) is 3.90. The number of rotatable bonds is 3. The van der Waals surface area contributed by atoms with Crippen LogP contribution in [0.3, 0.4) is 0 Å². The summed E-state index contributed by atoms with van der Waals surface area (Å²) in [5.74, 6) is 0.111. The first-order chi connectivity index (χ1) is 6.01. The maximum atomic E-state index is 11.5. The standard InChI is InChI=1S/C7H12N2O2S2/c1-3-13(10,11)7-5(2)9-6(4-8)12-7/h3-4,8H2,1-2H3. The lowest BCUT2D eigenvalue weighted by atomic mass is 10.6. The van der Waals surface area contributed by atoms with Gasteiger partial charge in [-0.3, -0.25) is 0 Å². The van der Waals surface area contributed by atoms with Crippen LogP contribution in [-0.4, -0.2) is 19.2 Å². The number of thiazole rings is 1. The molecule has 0 aliphatic carbocycles. The Bertz CT molecular complexity index is 395. The van der Waals surface area contributed by atoms with Gasteiger partial charge in [-0.25, -0.2) is 13.4 Å². The molecule has 1 heterocycles. The van der Waals surface area contributed by atoms with Crippen LogP contribution in [0.25, 0.3) is 0 Å². The summed E-state index contributed by atoms with van der Waals surface area (Å²) in [7, 11) is -3.12.